The van der Waals surface area contributed by atoms with Crippen LogP contribution in [0.15, 0.2) is 48.0 Å². The number of unbranched alkanes of at least 4 members (excludes halogenated alkanes) is 2. The summed E-state index contributed by atoms with van der Waals surface area (Å²) in [6.07, 6.45) is 6.97. The van der Waals surface area contributed by atoms with Crippen LogP contribution in [-0.2, 0) is 20.8 Å². The van der Waals surface area contributed by atoms with Crippen molar-refractivity contribution in [1.29, 1.82) is 0 Å². The Morgan fingerprint density at radius 3 is 2.34 bits per heavy atom. The van der Waals surface area contributed by atoms with Gasteiger partial charge in [-0.3, -0.25) is 14.4 Å². The third-order valence-corrected chi connectivity index (χ3v) is 7.21. The van der Waals surface area contributed by atoms with Crippen LogP contribution in [0.3, 0.4) is 0 Å². The molecule has 1 aromatic carbocycles. The summed E-state index contributed by atoms with van der Waals surface area (Å²) < 4.78 is 14.7. The first-order chi connectivity index (χ1) is 18.0. The van der Waals surface area contributed by atoms with Crippen LogP contribution in [0.4, 0.5) is 4.39 Å². The van der Waals surface area contributed by atoms with Gasteiger partial charge in [-0.1, -0.05) is 41.9 Å². The molecule has 0 radical (unpaired) electrons. The summed E-state index contributed by atoms with van der Waals surface area (Å²) in [6.45, 7) is 11.9. The summed E-state index contributed by atoms with van der Waals surface area (Å²) in [5.74, 6) is -1.23. The second-order valence-electron chi connectivity index (χ2n) is 10.0. The molecule has 1 rings (SSSR count). The number of carbonyl (C=O) groups is 3. The molecule has 0 saturated carbocycles. The van der Waals surface area contributed by atoms with E-state index in [1.165, 1.54) is 17.0 Å². The smallest absolute Gasteiger partial charge is 0.245 e. The molecule has 0 saturated heterocycles. The predicted molar refractivity (Wildman–Crippen MR) is 155 cm³/mol. The number of likely N-dealkylation sites (N-methyl/N-ethyl adjacent to an activating group) is 3. The van der Waals surface area contributed by atoms with E-state index in [9.17, 15) is 18.8 Å². The number of nitrogens with one attached hydrogen (secondary N) is 2. The van der Waals surface area contributed by atoms with Crippen LogP contribution in [0.1, 0.15) is 51.5 Å². The molecule has 0 unspecified atom stereocenters. The molecule has 3 amide bonds. The number of nitrogens with zero attached hydrogens (tertiary/aromatic N) is 2. The molecule has 0 bridgehead atoms. The Kier molecular flexibility index (Phi) is 15.1. The van der Waals surface area contributed by atoms with Gasteiger partial charge in [0, 0.05) is 31.5 Å². The fraction of sp³-hybridized carbons (Fsp3) is 0.552. The van der Waals surface area contributed by atoms with E-state index in [2.05, 4.69) is 39.7 Å². The van der Waals surface area contributed by atoms with E-state index in [1.54, 1.807) is 38.2 Å². The van der Waals surface area contributed by atoms with Gasteiger partial charge in [-0.15, -0.1) is 13.2 Å². The van der Waals surface area contributed by atoms with Crippen LogP contribution in [0, 0.1) is 11.7 Å². The number of benzene rings is 1. The lowest BCUT2D eigenvalue weighted by Crippen LogP contribution is -2.57. The second kappa shape index (κ2) is 17.1. The fourth-order valence-electron chi connectivity index (χ4n) is 4.19. The molecular weight excluding hydrogens is 551 g/mol. The Morgan fingerprint density at radius 2 is 1.76 bits per heavy atom. The SMILES string of the molecule is C=CCCCCN(C)C(=O)[C@H](Cc1cc(F)ccc1Br)N(C)C(=O)[C@H](CC(C)C)NC(=O)[C@H](CC=C)NC. The van der Waals surface area contributed by atoms with Crippen molar-refractivity contribution in [2.75, 3.05) is 27.7 Å². The number of hydrogen-bond acceptors (Lipinski definition) is 4. The molecule has 38 heavy (non-hydrogen) atoms. The number of amides is 3. The molecule has 3 atom stereocenters. The van der Waals surface area contributed by atoms with Crippen LogP contribution in [0.5, 0.6) is 0 Å². The maximum atomic E-state index is 14.1. The Morgan fingerprint density at radius 1 is 1.08 bits per heavy atom. The topological polar surface area (TPSA) is 81.8 Å². The van der Waals surface area contributed by atoms with Crippen LogP contribution in [-0.4, -0.2) is 73.3 Å². The lowest BCUT2D eigenvalue weighted by molar-refractivity contribution is -0.146. The number of allylic oxidation sites excluding steroid dienone is 1. The Bertz CT molecular complexity index is 956. The van der Waals surface area contributed by atoms with E-state index in [0.29, 0.717) is 29.4 Å². The molecule has 0 aliphatic carbocycles. The van der Waals surface area contributed by atoms with Crippen LogP contribution >= 0.6 is 15.9 Å². The zero-order valence-corrected chi connectivity index (χ0v) is 25.0. The van der Waals surface area contributed by atoms with Crippen molar-refractivity contribution in [3.8, 4) is 0 Å². The third kappa shape index (κ3) is 10.7. The molecule has 0 aliphatic heterocycles. The highest BCUT2D eigenvalue weighted by atomic mass is 79.9. The second-order valence-corrected chi connectivity index (χ2v) is 10.9. The van der Waals surface area contributed by atoms with E-state index in [1.807, 2.05) is 19.9 Å². The van der Waals surface area contributed by atoms with Gasteiger partial charge in [0.2, 0.25) is 17.7 Å². The van der Waals surface area contributed by atoms with Crippen molar-refractivity contribution in [2.24, 2.45) is 5.92 Å². The van der Waals surface area contributed by atoms with Crippen LogP contribution in [0.25, 0.3) is 0 Å². The molecule has 0 aromatic heterocycles. The number of rotatable bonds is 17. The maximum Gasteiger partial charge on any atom is 0.245 e. The van der Waals surface area contributed by atoms with Crippen molar-refractivity contribution >= 4 is 33.7 Å². The first-order valence-corrected chi connectivity index (χ1v) is 13.9. The number of hydrogen-bond donors (Lipinski definition) is 2. The minimum absolute atomic E-state index is 0.115. The molecule has 0 spiro atoms. The minimum Gasteiger partial charge on any atom is -0.344 e. The molecular formula is C29H44BrFN4O3. The van der Waals surface area contributed by atoms with Gasteiger partial charge in [-0.25, -0.2) is 4.39 Å². The molecule has 7 nitrogen and oxygen atoms in total. The van der Waals surface area contributed by atoms with E-state index in [-0.39, 0.29) is 30.1 Å². The van der Waals surface area contributed by atoms with E-state index in [0.717, 1.165) is 19.3 Å². The van der Waals surface area contributed by atoms with Gasteiger partial charge < -0.3 is 20.4 Å². The highest BCUT2D eigenvalue weighted by molar-refractivity contribution is 9.10. The lowest BCUT2D eigenvalue weighted by atomic mass is 9.99. The third-order valence-electron chi connectivity index (χ3n) is 6.44. The average Bonchev–Trinajstić information content (AvgIpc) is 2.88. The molecule has 9 heteroatoms. The lowest BCUT2D eigenvalue weighted by Gasteiger charge is -2.34. The molecule has 0 aliphatic rings. The maximum absolute atomic E-state index is 14.1. The van der Waals surface area contributed by atoms with Crippen molar-refractivity contribution in [1.82, 2.24) is 20.4 Å². The van der Waals surface area contributed by atoms with Gasteiger partial charge in [0.05, 0.1) is 6.04 Å². The molecule has 0 heterocycles. The highest BCUT2D eigenvalue weighted by Crippen LogP contribution is 2.22. The van der Waals surface area contributed by atoms with E-state index in [4.69, 9.17) is 0 Å². The van der Waals surface area contributed by atoms with Gasteiger partial charge in [-0.05, 0) is 68.8 Å². The van der Waals surface area contributed by atoms with Crippen LogP contribution < -0.4 is 10.6 Å². The van der Waals surface area contributed by atoms with Gasteiger partial charge in [0.25, 0.3) is 0 Å². The molecule has 0 fully saturated rings. The summed E-state index contributed by atoms with van der Waals surface area (Å²) in [5.41, 5.74) is 0.578. The largest absolute Gasteiger partial charge is 0.344 e. The van der Waals surface area contributed by atoms with Crippen molar-refractivity contribution < 1.29 is 18.8 Å². The van der Waals surface area contributed by atoms with Crippen molar-refractivity contribution in [2.45, 2.75) is 70.5 Å². The van der Waals surface area contributed by atoms with Gasteiger partial charge in [0.15, 0.2) is 0 Å². The molecule has 1 aromatic rings. The van der Waals surface area contributed by atoms with Crippen molar-refractivity contribution in [3.63, 3.8) is 0 Å². The van der Waals surface area contributed by atoms with Gasteiger partial charge in [0.1, 0.15) is 17.9 Å². The zero-order valence-electron chi connectivity index (χ0n) is 23.4. The van der Waals surface area contributed by atoms with Crippen LogP contribution in [0.2, 0.25) is 0 Å². The average molecular weight is 596 g/mol. The summed E-state index contributed by atoms with van der Waals surface area (Å²) in [6, 6.07) is 2.06. The Balaban J connectivity index is 3.29. The fourth-order valence-corrected chi connectivity index (χ4v) is 4.60. The van der Waals surface area contributed by atoms with E-state index < -0.39 is 23.9 Å². The minimum atomic E-state index is -0.884. The van der Waals surface area contributed by atoms with Crippen molar-refractivity contribution in [3.05, 3.63) is 59.4 Å². The summed E-state index contributed by atoms with van der Waals surface area (Å²) >= 11 is 3.45. The first-order valence-electron chi connectivity index (χ1n) is 13.1. The standard InChI is InChI=1S/C29H44BrFN4O3/c1-8-10-11-12-16-34(6)29(38)26(19-21-18-22(31)14-15-23(21)30)35(7)28(37)25(17-20(3)4)33-27(36)24(32-5)13-9-2/h8-9,14-15,18,20,24-26,32H,1-2,10-13,16-17,19H2,3-7H3,(H,33,36)/t24-,25-,26-/m0/s1. The monoisotopic (exact) mass is 594 g/mol. The quantitative estimate of drug-likeness (QED) is 0.206. The zero-order chi connectivity index (χ0) is 28.8. The van der Waals surface area contributed by atoms with E-state index >= 15 is 0 Å². The summed E-state index contributed by atoms with van der Waals surface area (Å²) in [4.78, 5) is 43.4. The molecule has 2 N–H and O–H groups in total. The number of halogens is 2. The Labute approximate surface area is 236 Å². The van der Waals surface area contributed by atoms with Gasteiger partial charge in [-0.2, -0.15) is 0 Å². The predicted octanol–water partition coefficient (Wildman–Crippen LogP) is 4.47. The first kappa shape index (κ1) is 33.5. The normalized spacial score (nSPS) is 13.4. The summed E-state index contributed by atoms with van der Waals surface area (Å²) in [5, 5.41) is 5.82. The summed E-state index contributed by atoms with van der Waals surface area (Å²) in [7, 11) is 4.96. The molecule has 212 valence electrons. The highest BCUT2D eigenvalue weighted by Gasteiger charge is 2.35. The number of carbonyl (C=O) groups excluding carboxylic acids is 3. The van der Waals surface area contributed by atoms with Gasteiger partial charge >= 0.3 is 0 Å². The Hall–Kier alpha value is -2.52.